The van der Waals surface area contributed by atoms with Crippen LogP contribution in [0.2, 0.25) is 0 Å². The Balaban J connectivity index is 2.14. The maximum atomic E-state index is 12.3. The zero-order valence-electron chi connectivity index (χ0n) is 10.9. The van der Waals surface area contributed by atoms with Crippen molar-refractivity contribution in [2.24, 2.45) is 5.92 Å². The first kappa shape index (κ1) is 14.1. The Morgan fingerprint density at radius 1 is 1.42 bits per heavy atom. The molecule has 3 nitrogen and oxygen atoms in total. The Labute approximate surface area is 122 Å². The molecule has 1 aliphatic carbocycles. The van der Waals surface area contributed by atoms with Crippen LogP contribution in [0.3, 0.4) is 0 Å². The Bertz CT molecular complexity index is 513. The second-order valence-electron chi connectivity index (χ2n) is 5.31. The smallest absolute Gasteiger partial charge is 0.253 e. The van der Waals surface area contributed by atoms with Gasteiger partial charge in [-0.05, 0) is 59.7 Å². The molecule has 2 rings (SSSR count). The van der Waals surface area contributed by atoms with E-state index in [0.717, 1.165) is 30.2 Å². The minimum Gasteiger partial charge on any atom is -0.334 e. The Morgan fingerprint density at radius 3 is 2.63 bits per heavy atom. The molecule has 0 radical (unpaired) electrons. The summed E-state index contributed by atoms with van der Waals surface area (Å²) in [5.74, 6) is 0.463. The van der Waals surface area contributed by atoms with Crippen LogP contribution in [0.4, 0.5) is 0 Å². The molecule has 1 aromatic carbocycles. The van der Waals surface area contributed by atoms with E-state index >= 15 is 0 Å². The number of hydrogen-bond donors (Lipinski definition) is 1. The molecule has 4 heteroatoms. The standard InChI is InChI=1S/C15H17BrN2O/c1-11-6-8-15(10-17,9-7-11)18-14(19)12-4-2-3-5-13(12)16/h2-5,11H,6-9H2,1H3,(H,18,19). The molecule has 19 heavy (non-hydrogen) atoms. The van der Waals surface area contributed by atoms with Crippen molar-refractivity contribution in [2.45, 2.75) is 38.1 Å². The summed E-state index contributed by atoms with van der Waals surface area (Å²) in [6, 6.07) is 9.59. The van der Waals surface area contributed by atoms with E-state index in [0.29, 0.717) is 11.5 Å². The van der Waals surface area contributed by atoms with Gasteiger partial charge in [0.2, 0.25) is 0 Å². The molecule has 0 heterocycles. The highest BCUT2D eigenvalue weighted by atomic mass is 79.9. The van der Waals surface area contributed by atoms with Gasteiger partial charge in [0, 0.05) is 4.47 Å². The van der Waals surface area contributed by atoms with Crippen LogP contribution in [0.1, 0.15) is 43.0 Å². The molecule has 0 aliphatic heterocycles. The molecule has 0 spiro atoms. The Morgan fingerprint density at radius 2 is 2.05 bits per heavy atom. The van der Waals surface area contributed by atoms with Gasteiger partial charge in [0.15, 0.2) is 0 Å². The van der Waals surface area contributed by atoms with Crippen LogP contribution in [0.5, 0.6) is 0 Å². The van der Waals surface area contributed by atoms with Crippen molar-refractivity contribution in [3.63, 3.8) is 0 Å². The average molecular weight is 321 g/mol. The highest BCUT2D eigenvalue weighted by Gasteiger charge is 2.36. The van der Waals surface area contributed by atoms with E-state index in [1.54, 1.807) is 6.07 Å². The normalized spacial score (nSPS) is 26.5. The van der Waals surface area contributed by atoms with Gasteiger partial charge in [-0.3, -0.25) is 4.79 Å². The first-order valence-corrected chi connectivity index (χ1v) is 7.34. The van der Waals surface area contributed by atoms with Gasteiger partial charge in [-0.2, -0.15) is 5.26 Å². The van der Waals surface area contributed by atoms with Gasteiger partial charge in [0.25, 0.3) is 5.91 Å². The number of nitrogens with zero attached hydrogens (tertiary/aromatic N) is 1. The van der Waals surface area contributed by atoms with Gasteiger partial charge in [0.05, 0.1) is 11.6 Å². The van der Waals surface area contributed by atoms with Gasteiger partial charge in [-0.1, -0.05) is 19.1 Å². The molecule has 1 aliphatic rings. The number of benzene rings is 1. The number of amides is 1. The third-order valence-electron chi connectivity index (χ3n) is 3.81. The molecule has 1 saturated carbocycles. The van der Waals surface area contributed by atoms with Gasteiger partial charge in [0.1, 0.15) is 5.54 Å². The van der Waals surface area contributed by atoms with Gasteiger partial charge in [-0.15, -0.1) is 0 Å². The number of carbonyl (C=O) groups excluding carboxylic acids is 1. The first-order chi connectivity index (χ1) is 9.06. The van der Waals surface area contributed by atoms with Crippen LogP contribution in [0.25, 0.3) is 0 Å². The number of rotatable bonds is 2. The third-order valence-corrected chi connectivity index (χ3v) is 4.50. The summed E-state index contributed by atoms with van der Waals surface area (Å²) in [5, 5.41) is 12.3. The zero-order chi connectivity index (χ0) is 13.9. The van der Waals surface area contributed by atoms with Gasteiger partial charge < -0.3 is 5.32 Å². The molecule has 1 N–H and O–H groups in total. The fourth-order valence-corrected chi connectivity index (χ4v) is 2.91. The Hall–Kier alpha value is -1.34. The van der Waals surface area contributed by atoms with Crippen LogP contribution in [-0.2, 0) is 0 Å². The fraction of sp³-hybridized carbons (Fsp3) is 0.467. The number of hydrogen-bond acceptors (Lipinski definition) is 2. The molecular weight excluding hydrogens is 304 g/mol. The molecule has 0 unspecified atom stereocenters. The molecule has 0 aromatic heterocycles. The van der Waals surface area contributed by atoms with Crippen molar-refractivity contribution in [3.05, 3.63) is 34.3 Å². The molecular formula is C15H17BrN2O. The monoisotopic (exact) mass is 320 g/mol. The van der Waals surface area contributed by atoms with E-state index in [1.165, 1.54) is 0 Å². The first-order valence-electron chi connectivity index (χ1n) is 6.55. The lowest BCUT2D eigenvalue weighted by molar-refractivity contribution is 0.0893. The predicted octanol–water partition coefficient (Wildman–Crippen LogP) is 3.65. The maximum Gasteiger partial charge on any atom is 0.253 e. The SMILES string of the molecule is CC1CCC(C#N)(NC(=O)c2ccccc2Br)CC1. The summed E-state index contributed by atoms with van der Waals surface area (Å²) >= 11 is 3.37. The van der Waals surface area contributed by atoms with E-state index in [9.17, 15) is 10.1 Å². The lowest BCUT2D eigenvalue weighted by Gasteiger charge is -2.34. The van der Waals surface area contributed by atoms with Crippen LogP contribution in [-0.4, -0.2) is 11.4 Å². The Kier molecular flexibility index (Phi) is 4.26. The lowest BCUT2D eigenvalue weighted by Crippen LogP contribution is -2.49. The van der Waals surface area contributed by atoms with E-state index in [1.807, 2.05) is 18.2 Å². The second-order valence-corrected chi connectivity index (χ2v) is 6.16. The molecule has 1 amide bonds. The van der Waals surface area contributed by atoms with Crippen molar-refractivity contribution in [2.75, 3.05) is 0 Å². The largest absolute Gasteiger partial charge is 0.334 e. The van der Waals surface area contributed by atoms with Crippen LogP contribution in [0, 0.1) is 17.2 Å². The summed E-state index contributed by atoms with van der Waals surface area (Å²) in [5.41, 5.74) is -0.116. The van der Waals surface area contributed by atoms with Gasteiger partial charge >= 0.3 is 0 Å². The summed E-state index contributed by atoms with van der Waals surface area (Å²) in [4.78, 5) is 12.3. The summed E-state index contributed by atoms with van der Waals surface area (Å²) in [6.07, 6.45) is 3.45. The highest BCUT2D eigenvalue weighted by Crippen LogP contribution is 2.32. The van der Waals surface area contributed by atoms with Crippen molar-refractivity contribution >= 4 is 21.8 Å². The lowest BCUT2D eigenvalue weighted by atomic mass is 9.78. The molecule has 1 aromatic rings. The number of nitrogens with one attached hydrogen (secondary N) is 1. The second kappa shape index (κ2) is 5.75. The topological polar surface area (TPSA) is 52.9 Å². The minimum atomic E-state index is -0.696. The number of halogens is 1. The minimum absolute atomic E-state index is 0.177. The van der Waals surface area contributed by atoms with Crippen LogP contribution in [0.15, 0.2) is 28.7 Å². The van der Waals surface area contributed by atoms with Crippen molar-refractivity contribution in [3.8, 4) is 6.07 Å². The molecule has 0 saturated heterocycles. The van der Waals surface area contributed by atoms with Crippen molar-refractivity contribution < 1.29 is 4.79 Å². The summed E-state index contributed by atoms with van der Waals surface area (Å²) in [7, 11) is 0. The van der Waals surface area contributed by atoms with Crippen molar-refractivity contribution in [1.82, 2.24) is 5.32 Å². The maximum absolute atomic E-state index is 12.3. The average Bonchev–Trinajstić information content (AvgIpc) is 2.42. The predicted molar refractivity (Wildman–Crippen MR) is 77.6 cm³/mol. The van der Waals surface area contributed by atoms with Crippen LogP contribution < -0.4 is 5.32 Å². The molecule has 100 valence electrons. The molecule has 0 bridgehead atoms. The van der Waals surface area contributed by atoms with E-state index in [2.05, 4.69) is 34.2 Å². The van der Waals surface area contributed by atoms with Gasteiger partial charge in [-0.25, -0.2) is 0 Å². The zero-order valence-corrected chi connectivity index (χ0v) is 12.5. The van der Waals surface area contributed by atoms with E-state index in [4.69, 9.17) is 0 Å². The van der Waals surface area contributed by atoms with E-state index < -0.39 is 5.54 Å². The summed E-state index contributed by atoms with van der Waals surface area (Å²) < 4.78 is 0.754. The number of nitriles is 1. The van der Waals surface area contributed by atoms with Crippen molar-refractivity contribution in [1.29, 1.82) is 5.26 Å². The molecule has 1 fully saturated rings. The highest BCUT2D eigenvalue weighted by molar-refractivity contribution is 9.10. The van der Waals surface area contributed by atoms with E-state index in [-0.39, 0.29) is 5.91 Å². The molecule has 0 atom stereocenters. The third kappa shape index (κ3) is 3.16. The number of carbonyl (C=O) groups is 1. The van der Waals surface area contributed by atoms with Crippen LogP contribution >= 0.6 is 15.9 Å². The summed E-state index contributed by atoms with van der Waals surface area (Å²) in [6.45, 7) is 2.19. The fourth-order valence-electron chi connectivity index (χ4n) is 2.45. The quantitative estimate of drug-likeness (QED) is 0.904.